The van der Waals surface area contributed by atoms with Gasteiger partial charge in [0, 0.05) is 5.56 Å². The Morgan fingerprint density at radius 2 is 1.63 bits per heavy atom. The van der Waals surface area contributed by atoms with Gasteiger partial charge in [0.2, 0.25) is 0 Å². The van der Waals surface area contributed by atoms with Gasteiger partial charge in [0.15, 0.2) is 11.7 Å². The maximum Gasteiger partial charge on any atom is 0.276 e. The van der Waals surface area contributed by atoms with Gasteiger partial charge in [-0.1, -0.05) is 18.2 Å². The third-order valence-corrected chi connectivity index (χ3v) is 3.35. The summed E-state index contributed by atoms with van der Waals surface area (Å²) in [5, 5.41) is 2.44. The van der Waals surface area contributed by atoms with Crippen LogP contribution in [0.15, 0.2) is 54.6 Å². The average molecular weight is 387 g/mol. The zero-order chi connectivity index (χ0) is 19.6. The second kappa shape index (κ2) is 10.1. The van der Waals surface area contributed by atoms with Crippen molar-refractivity contribution in [1.82, 2.24) is 16.2 Å². The zero-order valence-electron chi connectivity index (χ0n) is 15.0. The first-order valence-electron chi connectivity index (χ1n) is 8.29. The molecule has 0 aliphatic carbocycles. The number of rotatable bonds is 6. The van der Waals surface area contributed by atoms with Crippen LogP contribution in [0.4, 0.5) is 0 Å². The summed E-state index contributed by atoms with van der Waals surface area (Å²) in [5.41, 5.74) is 5.21. The van der Waals surface area contributed by atoms with Crippen LogP contribution in [0.25, 0.3) is 0 Å². The maximum absolute atomic E-state index is 12.1. The highest BCUT2D eigenvalue weighted by molar-refractivity contribution is 7.80. The Labute approximate surface area is 163 Å². The van der Waals surface area contributed by atoms with Crippen molar-refractivity contribution in [3.8, 4) is 11.5 Å². The number of amides is 2. The number of ether oxygens (including phenoxy) is 2. The number of hydrogen-bond donors (Lipinski definition) is 3. The predicted octanol–water partition coefficient (Wildman–Crippen LogP) is 2.19. The van der Waals surface area contributed by atoms with Gasteiger partial charge in [-0.15, -0.1) is 0 Å². The normalized spacial score (nSPS) is 10.0. The Morgan fingerprint density at radius 1 is 0.963 bits per heavy atom. The molecule has 0 bridgehead atoms. The minimum atomic E-state index is -0.439. The van der Waals surface area contributed by atoms with E-state index in [1.807, 2.05) is 19.9 Å². The molecule has 27 heavy (non-hydrogen) atoms. The molecule has 0 aliphatic heterocycles. The van der Waals surface area contributed by atoms with Crippen LogP contribution in [0.2, 0.25) is 0 Å². The molecule has 0 saturated heterocycles. The highest BCUT2D eigenvalue weighted by Gasteiger charge is 2.09. The lowest BCUT2D eigenvalue weighted by molar-refractivity contribution is -0.123. The molecular weight excluding hydrogens is 366 g/mol. The van der Waals surface area contributed by atoms with Crippen molar-refractivity contribution in [1.29, 1.82) is 0 Å². The molecule has 0 radical (unpaired) electrons. The second-order valence-corrected chi connectivity index (χ2v) is 6.16. The fraction of sp³-hybridized carbons (Fsp3) is 0.211. The average Bonchev–Trinajstić information content (AvgIpc) is 2.65. The molecule has 2 aromatic carbocycles. The molecule has 7 nitrogen and oxygen atoms in total. The van der Waals surface area contributed by atoms with E-state index in [0.717, 1.165) is 0 Å². The van der Waals surface area contributed by atoms with Crippen LogP contribution in [0.1, 0.15) is 24.2 Å². The third-order valence-electron chi connectivity index (χ3n) is 3.14. The van der Waals surface area contributed by atoms with E-state index < -0.39 is 11.8 Å². The number of benzene rings is 2. The summed E-state index contributed by atoms with van der Waals surface area (Å²) in [6, 6.07) is 15.6. The first kappa shape index (κ1) is 20.2. The molecule has 0 aromatic heterocycles. The SMILES string of the molecule is CC(C)Oc1ccc(C(=O)NC(=S)NNC(=O)COc2ccccc2)cc1. The monoisotopic (exact) mass is 387 g/mol. The van der Waals surface area contributed by atoms with Gasteiger partial charge in [0.05, 0.1) is 6.10 Å². The van der Waals surface area contributed by atoms with E-state index in [2.05, 4.69) is 16.2 Å². The highest BCUT2D eigenvalue weighted by Crippen LogP contribution is 2.13. The molecule has 0 fully saturated rings. The molecule has 2 rings (SSSR count). The van der Waals surface area contributed by atoms with Crippen molar-refractivity contribution in [3.05, 3.63) is 60.2 Å². The van der Waals surface area contributed by atoms with Gasteiger partial charge in [0.1, 0.15) is 11.5 Å². The Bertz CT molecular complexity index is 779. The summed E-state index contributed by atoms with van der Waals surface area (Å²) < 4.78 is 10.8. The van der Waals surface area contributed by atoms with E-state index in [-0.39, 0.29) is 17.8 Å². The molecule has 3 N–H and O–H groups in total. The lowest BCUT2D eigenvalue weighted by atomic mass is 10.2. The first-order chi connectivity index (χ1) is 12.9. The Morgan fingerprint density at radius 3 is 2.26 bits per heavy atom. The lowest BCUT2D eigenvalue weighted by Crippen LogP contribution is -2.49. The van der Waals surface area contributed by atoms with Crippen molar-refractivity contribution >= 4 is 29.1 Å². The predicted molar refractivity (Wildman–Crippen MR) is 105 cm³/mol. The number of thiocarbonyl (C=S) groups is 1. The summed E-state index contributed by atoms with van der Waals surface area (Å²) in [5.74, 6) is 0.408. The van der Waals surface area contributed by atoms with Crippen LogP contribution in [0.3, 0.4) is 0 Å². The Balaban J connectivity index is 1.72. The third kappa shape index (κ3) is 7.33. The van der Waals surface area contributed by atoms with Crippen LogP contribution >= 0.6 is 12.2 Å². The number of hydrogen-bond acceptors (Lipinski definition) is 5. The summed E-state index contributed by atoms with van der Waals surface area (Å²) in [6.45, 7) is 3.65. The van der Waals surface area contributed by atoms with Crippen LogP contribution in [0.5, 0.6) is 11.5 Å². The molecule has 142 valence electrons. The summed E-state index contributed by atoms with van der Waals surface area (Å²) >= 11 is 4.99. The number of para-hydroxylation sites is 1. The minimum Gasteiger partial charge on any atom is -0.491 e. The van der Waals surface area contributed by atoms with Crippen molar-refractivity contribution in [2.75, 3.05) is 6.61 Å². The summed E-state index contributed by atoms with van der Waals surface area (Å²) in [4.78, 5) is 23.8. The first-order valence-corrected chi connectivity index (χ1v) is 8.69. The van der Waals surface area contributed by atoms with Gasteiger partial charge in [-0.2, -0.15) is 0 Å². The zero-order valence-corrected chi connectivity index (χ0v) is 15.8. The Kier molecular flexibility index (Phi) is 7.57. The molecule has 0 heterocycles. The quantitative estimate of drug-likeness (QED) is 0.520. The lowest BCUT2D eigenvalue weighted by Gasteiger charge is -2.12. The van der Waals surface area contributed by atoms with E-state index in [0.29, 0.717) is 17.1 Å². The molecule has 0 aliphatic rings. The summed E-state index contributed by atoms with van der Waals surface area (Å²) in [6.07, 6.45) is 0.0518. The van der Waals surface area contributed by atoms with Crippen molar-refractivity contribution < 1.29 is 19.1 Å². The van der Waals surface area contributed by atoms with Gasteiger partial charge in [0.25, 0.3) is 11.8 Å². The smallest absolute Gasteiger partial charge is 0.276 e. The largest absolute Gasteiger partial charge is 0.491 e. The molecule has 0 atom stereocenters. The fourth-order valence-electron chi connectivity index (χ4n) is 1.99. The van der Waals surface area contributed by atoms with E-state index in [4.69, 9.17) is 21.7 Å². The van der Waals surface area contributed by atoms with Crippen molar-refractivity contribution in [3.63, 3.8) is 0 Å². The van der Waals surface area contributed by atoms with Gasteiger partial charge in [-0.3, -0.25) is 25.8 Å². The topological polar surface area (TPSA) is 88.7 Å². The van der Waals surface area contributed by atoms with Gasteiger partial charge in [-0.05, 0) is 62.5 Å². The number of carbonyl (C=O) groups is 2. The molecule has 2 aromatic rings. The molecular formula is C19H21N3O4S. The van der Waals surface area contributed by atoms with E-state index >= 15 is 0 Å². The molecule has 0 saturated carbocycles. The fourth-order valence-corrected chi connectivity index (χ4v) is 2.14. The number of nitrogens with one attached hydrogen (secondary N) is 3. The Hall–Kier alpha value is -3.13. The molecule has 8 heteroatoms. The second-order valence-electron chi connectivity index (χ2n) is 5.75. The number of carbonyl (C=O) groups excluding carboxylic acids is 2. The van der Waals surface area contributed by atoms with Crippen LogP contribution in [0, 0.1) is 0 Å². The van der Waals surface area contributed by atoms with Crippen molar-refractivity contribution in [2.24, 2.45) is 0 Å². The van der Waals surface area contributed by atoms with Crippen LogP contribution in [-0.2, 0) is 4.79 Å². The van der Waals surface area contributed by atoms with Gasteiger partial charge in [-0.25, -0.2) is 0 Å². The van der Waals surface area contributed by atoms with Gasteiger partial charge >= 0.3 is 0 Å². The van der Waals surface area contributed by atoms with Gasteiger partial charge < -0.3 is 9.47 Å². The summed E-state index contributed by atoms with van der Waals surface area (Å²) in [7, 11) is 0. The standard InChI is InChI=1S/C19H21N3O4S/c1-13(2)26-16-10-8-14(9-11-16)18(24)20-19(27)22-21-17(23)12-25-15-6-4-3-5-7-15/h3-11,13H,12H2,1-2H3,(H,21,23)(H2,20,22,24,27). The highest BCUT2D eigenvalue weighted by atomic mass is 32.1. The van der Waals surface area contributed by atoms with E-state index in [1.165, 1.54) is 0 Å². The maximum atomic E-state index is 12.1. The molecule has 0 spiro atoms. The van der Waals surface area contributed by atoms with Crippen LogP contribution in [-0.4, -0.2) is 29.6 Å². The van der Waals surface area contributed by atoms with E-state index in [1.54, 1.807) is 48.5 Å². The number of hydrazine groups is 1. The van der Waals surface area contributed by atoms with Crippen molar-refractivity contribution in [2.45, 2.75) is 20.0 Å². The minimum absolute atomic E-state index is 0.0319. The molecule has 0 unspecified atom stereocenters. The van der Waals surface area contributed by atoms with E-state index in [9.17, 15) is 9.59 Å². The van der Waals surface area contributed by atoms with Crippen LogP contribution < -0.4 is 25.6 Å². The molecule has 2 amide bonds.